The molecular weight excluding hydrogens is 376 g/mol. The summed E-state index contributed by atoms with van der Waals surface area (Å²) in [5.41, 5.74) is 2.75. The summed E-state index contributed by atoms with van der Waals surface area (Å²) < 4.78 is 31.6. The van der Waals surface area contributed by atoms with Gasteiger partial charge < -0.3 is 10.1 Å². The lowest BCUT2D eigenvalue weighted by Crippen LogP contribution is -2.27. The van der Waals surface area contributed by atoms with Gasteiger partial charge in [0.25, 0.3) is 0 Å². The van der Waals surface area contributed by atoms with Crippen LogP contribution < -0.4 is 10.0 Å². The summed E-state index contributed by atoms with van der Waals surface area (Å²) in [6, 6.07) is 20.3. The van der Waals surface area contributed by atoms with Crippen LogP contribution in [0.25, 0.3) is 11.3 Å². The Labute approximate surface area is 164 Å². The van der Waals surface area contributed by atoms with Crippen LogP contribution in [0.4, 0.5) is 5.82 Å². The topological polar surface area (TPSA) is 93.2 Å². The number of benzene rings is 2. The fourth-order valence-electron chi connectivity index (χ4n) is 2.53. The molecule has 0 aliphatic heterocycles. The molecule has 8 heteroatoms. The molecule has 3 rings (SSSR count). The second kappa shape index (κ2) is 9.41. The van der Waals surface area contributed by atoms with E-state index in [1.54, 1.807) is 24.3 Å². The molecule has 28 heavy (non-hydrogen) atoms. The van der Waals surface area contributed by atoms with Crippen molar-refractivity contribution in [3.8, 4) is 11.3 Å². The molecule has 0 aliphatic carbocycles. The lowest BCUT2D eigenvalue weighted by Gasteiger charge is -2.09. The molecule has 1 heterocycles. The van der Waals surface area contributed by atoms with Crippen LogP contribution in [0, 0.1) is 0 Å². The van der Waals surface area contributed by atoms with Gasteiger partial charge in [-0.05, 0) is 29.8 Å². The Bertz CT molecular complexity index is 976. The van der Waals surface area contributed by atoms with Crippen LogP contribution in [0.15, 0.2) is 71.6 Å². The van der Waals surface area contributed by atoms with Crippen molar-refractivity contribution in [3.63, 3.8) is 0 Å². The minimum atomic E-state index is -3.52. The highest BCUT2D eigenvalue weighted by atomic mass is 32.2. The molecular formula is C20H22N4O3S. The molecule has 146 valence electrons. The number of ether oxygens (including phenoxy) is 1. The van der Waals surface area contributed by atoms with Gasteiger partial charge in [-0.3, -0.25) is 0 Å². The first-order chi connectivity index (χ1) is 13.6. The second-order valence-electron chi connectivity index (χ2n) is 6.06. The summed E-state index contributed by atoms with van der Waals surface area (Å²) in [7, 11) is -2.00. The van der Waals surface area contributed by atoms with Crippen LogP contribution in [0.2, 0.25) is 0 Å². The van der Waals surface area contributed by atoms with E-state index in [-0.39, 0.29) is 11.4 Å². The number of nitrogens with zero attached hydrogens (tertiary/aromatic N) is 2. The third kappa shape index (κ3) is 5.35. The molecule has 2 aromatic carbocycles. The Hall–Kier alpha value is -2.81. The van der Waals surface area contributed by atoms with Crippen molar-refractivity contribution in [1.82, 2.24) is 14.9 Å². The molecule has 0 saturated carbocycles. The van der Waals surface area contributed by atoms with Crippen molar-refractivity contribution in [2.24, 2.45) is 0 Å². The van der Waals surface area contributed by atoms with Gasteiger partial charge in [0.2, 0.25) is 10.0 Å². The van der Waals surface area contributed by atoms with Crippen LogP contribution >= 0.6 is 0 Å². The van der Waals surface area contributed by atoms with Crippen LogP contribution in [0.3, 0.4) is 0 Å². The summed E-state index contributed by atoms with van der Waals surface area (Å²) in [6.45, 7) is 1.07. The molecule has 0 bridgehead atoms. The molecule has 0 saturated heterocycles. The number of methoxy groups -OCH3 is 1. The highest BCUT2D eigenvalue weighted by Gasteiger charge is 2.12. The maximum Gasteiger partial charge on any atom is 0.240 e. The number of hydrogen-bond acceptors (Lipinski definition) is 6. The van der Waals surface area contributed by atoms with Gasteiger partial charge in [-0.2, -0.15) is 0 Å². The quantitative estimate of drug-likeness (QED) is 0.538. The van der Waals surface area contributed by atoms with E-state index in [9.17, 15) is 8.42 Å². The number of rotatable bonds is 9. The first-order valence-electron chi connectivity index (χ1n) is 8.79. The van der Waals surface area contributed by atoms with Gasteiger partial charge in [0, 0.05) is 25.8 Å². The van der Waals surface area contributed by atoms with E-state index in [1.807, 2.05) is 42.5 Å². The Balaban J connectivity index is 1.58. The van der Waals surface area contributed by atoms with E-state index in [4.69, 9.17) is 4.74 Å². The van der Waals surface area contributed by atoms with Gasteiger partial charge in [0.1, 0.15) is 5.82 Å². The van der Waals surface area contributed by atoms with Gasteiger partial charge in [-0.1, -0.05) is 42.5 Å². The zero-order valence-electron chi connectivity index (χ0n) is 15.5. The average molecular weight is 398 g/mol. The number of aromatic nitrogens is 2. The first kappa shape index (κ1) is 19.9. The molecule has 2 N–H and O–H groups in total. The van der Waals surface area contributed by atoms with Crippen LogP contribution in [-0.4, -0.2) is 38.9 Å². The number of anilines is 1. The molecule has 7 nitrogen and oxygen atoms in total. The van der Waals surface area contributed by atoms with E-state index in [1.165, 1.54) is 7.11 Å². The van der Waals surface area contributed by atoms with Gasteiger partial charge in [0.15, 0.2) is 0 Å². The molecule has 1 aromatic heterocycles. The fourth-order valence-corrected chi connectivity index (χ4v) is 3.54. The maximum absolute atomic E-state index is 12.1. The predicted octanol–water partition coefficient (Wildman–Crippen LogP) is 2.68. The molecule has 0 fully saturated rings. The molecule has 0 atom stereocenters. The minimum absolute atomic E-state index is 0.222. The Morgan fingerprint density at radius 3 is 2.32 bits per heavy atom. The summed E-state index contributed by atoms with van der Waals surface area (Å²) >= 11 is 0. The third-order valence-electron chi connectivity index (χ3n) is 4.04. The Morgan fingerprint density at radius 1 is 0.929 bits per heavy atom. The average Bonchev–Trinajstić information content (AvgIpc) is 2.74. The zero-order chi connectivity index (χ0) is 19.8. The number of hydrogen-bond donors (Lipinski definition) is 2. The second-order valence-corrected chi connectivity index (χ2v) is 7.82. The van der Waals surface area contributed by atoms with E-state index in [0.717, 1.165) is 16.8 Å². The van der Waals surface area contributed by atoms with Gasteiger partial charge in [-0.15, -0.1) is 10.2 Å². The highest BCUT2D eigenvalue weighted by molar-refractivity contribution is 7.89. The molecule has 0 radical (unpaired) electrons. The minimum Gasteiger partial charge on any atom is -0.383 e. The fraction of sp³-hybridized carbons (Fsp3) is 0.200. The number of sulfonamides is 1. The molecule has 3 aromatic rings. The highest BCUT2D eigenvalue weighted by Crippen LogP contribution is 2.17. The summed E-state index contributed by atoms with van der Waals surface area (Å²) in [5.74, 6) is 0.651. The van der Waals surface area contributed by atoms with E-state index < -0.39 is 10.0 Å². The van der Waals surface area contributed by atoms with E-state index in [0.29, 0.717) is 19.0 Å². The van der Waals surface area contributed by atoms with E-state index >= 15 is 0 Å². The maximum atomic E-state index is 12.1. The standard InChI is InChI=1S/C20H22N4O3S/c1-27-14-13-22-28(25,26)18-9-7-16(8-10-18)15-21-20-12-11-19(23-24-20)17-5-3-2-4-6-17/h2-12,22H,13-15H2,1H3,(H,21,24). The summed E-state index contributed by atoms with van der Waals surface area (Å²) in [5, 5.41) is 11.6. The smallest absolute Gasteiger partial charge is 0.240 e. The Kier molecular flexibility index (Phi) is 6.70. The molecule has 0 aliphatic rings. The molecule has 0 spiro atoms. The van der Waals surface area contributed by atoms with Crippen LogP contribution in [0.1, 0.15) is 5.56 Å². The van der Waals surface area contributed by atoms with E-state index in [2.05, 4.69) is 20.2 Å². The SMILES string of the molecule is COCCNS(=O)(=O)c1ccc(CNc2ccc(-c3ccccc3)nn2)cc1. The van der Waals surface area contributed by atoms with Gasteiger partial charge in [0.05, 0.1) is 17.2 Å². The van der Waals surface area contributed by atoms with Crippen molar-refractivity contribution in [3.05, 3.63) is 72.3 Å². The molecule has 0 unspecified atom stereocenters. The predicted molar refractivity (Wildman–Crippen MR) is 108 cm³/mol. The van der Waals surface area contributed by atoms with Gasteiger partial charge >= 0.3 is 0 Å². The van der Waals surface area contributed by atoms with Crippen molar-refractivity contribution >= 4 is 15.8 Å². The molecule has 0 amide bonds. The van der Waals surface area contributed by atoms with Crippen molar-refractivity contribution in [2.75, 3.05) is 25.6 Å². The first-order valence-corrected chi connectivity index (χ1v) is 10.3. The lowest BCUT2D eigenvalue weighted by molar-refractivity contribution is 0.204. The third-order valence-corrected chi connectivity index (χ3v) is 5.52. The van der Waals surface area contributed by atoms with Crippen molar-refractivity contribution in [1.29, 1.82) is 0 Å². The normalized spacial score (nSPS) is 11.3. The van der Waals surface area contributed by atoms with Crippen molar-refractivity contribution in [2.45, 2.75) is 11.4 Å². The van der Waals surface area contributed by atoms with Crippen LogP contribution in [0.5, 0.6) is 0 Å². The lowest BCUT2D eigenvalue weighted by atomic mass is 10.1. The zero-order valence-corrected chi connectivity index (χ0v) is 16.3. The monoisotopic (exact) mass is 398 g/mol. The largest absolute Gasteiger partial charge is 0.383 e. The van der Waals surface area contributed by atoms with Crippen molar-refractivity contribution < 1.29 is 13.2 Å². The number of nitrogens with one attached hydrogen (secondary N) is 2. The summed E-state index contributed by atoms with van der Waals surface area (Å²) in [6.07, 6.45) is 0. The summed E-state index contributed by atoms with van der Waals surface area (Å²) in [4.78, 5) is 0.222. The van der Waals surface area contributed by atoms with Gasteiger partial charge in [-0.25, -0.2) is 13.1 Å². The van der Waals surface area contributed by atoms with Crippen LogP contribution in [-0.2, 0) is 21.3 Å². The Morgan fingerprint density at radius 2 is 1.68 bits per heavy atom.